The fourth-order valence-electron chi connectivity index (χ4n) is 5.90. The van der Waals surface area contributed by atoms with Crippen LogP contribution in [0.15, 0.2) is 18.2 Å². The van der Waals surface area contributed by atoms with Crippen LogP contribution in [0.1, 0.15) is 158 Å². The third-order valence-corrected chi connectivity index (χ3v) is 9.03. The van der Waals surface area contributed by atoms with Gasteiger partial charge in [-0.1, -0.05) is 113 Å². The fourth-order valence-corrected chi connectivity index (χ4v) is 5.90. The van der Waals surface area contributed by atoms with E-state index in [2.05, 4.69) is 55.4 Å². The Balaban J connectivity index is 0. The summed E-state index contributed by atoms with van der Waals surface area (Å²) in [5.41, 5.74) is -0.352. The maximum atomic E-state index is 10.5. The molecule has 7 nitrogen and oxygen atoms in total. The van der Waals surface area contributed by atoms with Gasteiger partial charge in [0, 0.05) is 12.1 Å². The Hall–Kier alpha value is -1.86. The van der Waals surface area contributed by atoms with Gasteiger partial charge in [0.2, 0.25) is 0 Å². The second kappa shape index (κ2) is 29.5. The van der Waals surface area contributed by atoms with E-state index >= 15 is 0 Å². The third kappa shape index (κ3) is 22.3. The number of hydrogen-bond acceptors (Lipinski definition) is 4. The number of benzene rings is 1. The van der Waals surface area contributed by atoms with Crippen molar-refractivity contribution in [3.8, 4) is 11.5 Å². The minimum atomic E-state index is -0.848. The first-order chi connectivity index (χ1) is 21.6. The van der Waals surface area contributed by atoms with Gasteiger partial charge in [-0.05, 0) is 51.4 Å². The van der Waals surface area contributed by atoms with Crippen molar-refractivity contribution < 1.29 is 24.1 Å². The molecule has 0 fully saturated rings. The predicted molar refractivity (Wildman–Crippen MR) is 191 cm³/mol. The quantitative estimate of drug-likeness (QED) is 0.0606. The Morgan fingerprint density at radius 1 is 0.467 bits per heavy atom. The van der Waals surface area contributed by atoms with Crippen LogP contribution in [0.2, 0.25) is 0 Å². The van der Waals surface area contributed by atoms with Gasteiger partial charge in [0.15, 0.2) is 0 Å². The number of nitro groups is 1. The van der Waals surface area contributed by atoms with Crippen LogP contribution in [-0.2, 0) is 0 Å². The predicted octanol–water partition coefficient (Wildman–Crippen LogP) is 9.75. The normalized spacial score (nSPS) is 11.4. The first-order valence-electron chi connectivity index (χ1n) is 18.9. The van der Waals surface area contributed by atoms with Gasteiger partial charge < -0.3 is 19.2 Å². The van der Waals surface area contributed by atoms with Gasteiger partial charge in [0.25, 0.3) is 5.69 Å². The number of rotatable bonds is 25. The summed E-state index contributed by atoms with van der Waals surface area (Å²) in [4.78, 5) is 9.31. The molecule has 45 heavy (non-hydrogen) atoms. The monoisotopic (exact) mass is 638 g/mol. The Bertz CT molecular complexity index is 707. The van der Waals surface area contributed by atoms with Crippen LogP contribution >= 0.6 is 0 Å². The minimum Gasteiger partial charge on any atom is -0.873 e. The highest BCUT2D eigenvalue weighted by molar-refractivity contribution is 5.45. The van der Waals surface area contributed by atoms with Crippen LogP contribution in [-0.4, -0.2) is 66.2 Å². The van der Waals surface area contributed by atoms with E-state index in [-0.39, 0.29) is 5.69 Å². The van der Waals surface area contributed by atoms with E-state index < -0.39 is 16.4 Å². The number of nitro benzene ring substituents is 1. The highest BCUT2D eigenvalue weighted by atomic mass is 16.6. The summed E-state index contributed by atoms with van der Waals surface area (Å²) in [7, 11) is 0. The number of unbranched alkanes of at least 4 members (excludes halogenated alkanes) is 8. The molecule has 266 valence electrons. The van der Waals surface area contributed by atoms with Crippen molar-refractivity contribution in [3.05, 3.63) is 28.3 Å². The van der Waals surface area contributed by atoms with Gasteiger partial charge in [0.1, 0.15) is 0 Å². The molecule has 0 N–H and O–H groups in total. The third-order valence-electron chi connectivity index (χ3n) is 9.03. The van der Waals surface area contributed by atoms with Crippen molar-refractivity contribution in [1.82, 2.24) is 0 Å². The summed E-state index contributed by atoms with van der Waals surface area (Å²) in [5.74, 6) is -1.57. The highest BCUT2D eigenvalue weighted by Gasteiger charge is 2.25. The van der Waals surface area contributed by atoms with E-state index in [1.165, 1.54) is 164 Å². The molecule has 1 rings (SSSR count). The lowest BCUT2D eigenvalue weighted by Crippen LogP contribution is -2.50. The molecular weight excluding hydrogens is 562 g/mol. The molecule has 0 saturated carbocycles. The largest absolute Gasteiger partial charge is 0.873 e. The summed E-state index contributed by atoms with van der Waals surface area (Å²) in [6, 6.07) is 2.60. The number of nitrogens with zero attached hydrogens (tertiary/aromatic N) is 3. The topological polar surface area (TPSA) is 89.3 Å². The Labute approximate surface area is 279 Å². The molecule has 0 spiro atoms. The molecule has 0 aliphatic heterocycles. The molecule has 0 bridgehead atoms. The molecule has 0 aromatic heterocycles. The molecule has 0 radical (unpaired) electrons. The summed E-state index contributed by atoms with van der Waals surface area (Å²) < 4.78 is 2.84. The van der Waals surface area contributed by atoms with Gasteiger partial charge in [-0.15, -0.1) is 11.5 Å². The zero-order chi connectivity index (χ0) is 34.4. The molecule has 1 aromatic carbocycles. The van der Waals surface area contributed by atoms with Gasteiger partial charge >= 0.3 is 0 Å². The molecular formula is C38H75N3O4. The van der Waals surface area contributed by atoms with E-state index in [0.717, 1.165) is 12.1 Å². The Morgan fingerprint density at radius 3 is 0.889 bits per heavy atom. The molecule has 0 amide bonds. The second-order valence-electron chi connectivity index (χ2n) is 13.2. The second-order valence-corrected chi connectivity index (χ2v) is 13.2. The molecule has 0 aliphatic rings. The van der Waals surface area contributed by atoms with Crippen molar-refractivity contribution >= 4 is 5.69 Å². The highest BCUT2D eigenvalue weighted by Crippen LogP contribution is 2.23. The van der Waals surface area contributed by atoms with Crippen LogP contribution in [0.5, 0.6) is 11.5 Å². The lowest BCUT2D eigenvalue weighted by molar-refractivity contribution is -0.929. The van der Waals surface area contributed by atoms with Crippen molar-refractivity contribution in [2.75, 3.05) is 52.4 Å². The van der Waals surface area contributed by atoms with Crippen LogP contribution in [0, 0.1) is 10.1 Å². The maximum Gasteiger partial charge on any atom is 0.268 e. The summed E-state index contributed by atoms with van der Waals surface area (Å²) in [6.07, 6.45) is 22.1. The Morgan fingerprint density at radius 2 is 0.711 bits per heavy atom. The van der Waals surface area contributed by atoms with E-state index in [1.807, 2.05) is 0 Å². The lowest BCUT2D eigenvalue weighted by atomic mass is 10.1. The average molecular weight is 638 g/mol. The van der Waals surface area contributed by atoms with Crippen LogP contribution in [0.4, 0.5) is 5.69 Å². The molecule has 7 heteroatoms. The van der Waals surface area contributed by atoms with Crippen molar-refractivity contribution in [3.63, 3.8) is 0 Å². The lowest BCUT2D eigenvalue weighted by Gasteiger charge is -2.39. The van der Waals surface area contributed by atoms with E-state index in [1.54, 1.807) is 0 Å². The zero-order valence-corrected chi connectivity index (χ0v) is 31.2. The van der Waals surface area contributed by atoms with E-state index in [9.17, 15) is 20.3 Å². The summed E-state index contributed by atoms with van der Waals surface area (Å²) >= 11 is 0. The Kier molecular flexibility index (Phi) is 29.7. The van der Waals surface area contributed by atoms with Crippen LogP contribution < -0.4 is 10.2 Å². The summed E-state index contributed by atoms with van der Waals surface area (Å²) in [5, 5.41) is 31.0. The number of quaternary nitrogens is 2. The van der Waals surface area contributed by atoms with Crippen molar-refractivity contribution in [2.24, 2.45) is 0 Å². The van der Waals surface area contributed by atoms with Gasteiger partial charge in [-0.2, -0.15) is 0 Å². The maximum absolute atomic E-state index is 10.5. The first kappa shape index (κ1) is 45.3. The van der Waals surface area contributed by atoms with Gasteiger partial charge in [0.05, 0.1) is 57.3 Å². The fraction of sp³-hybridized carbons (Fsp3) is 0.842. The standard InChI is InChI=1S/2C16H36N.C6H5NO4/c2*1-5-9-13-17(14-10-6-2,15-11-7-3)16-12-8-4;8-5-2-1-4(7(10)11)3-6(5)9/h2*5-16H2,1-4H3;1-3,8-9H/q2*+1;/p-2. The molecule has 0 aliphatic carbocycles. The molecule has 0 unspecified atom stereocenters. The van der Waals surface area contributed by atoms with Crippen molar-refractivity contribution in [1.29, 1.82) is 0 Å². The van der Waals surface area contributed by atoms with E-state index in [0.29, 0.717) is 6.07 Å². The average Bonchev–Trinajstić information content (AvgIpc) is 3.05. The van der Waals surface area contributed by atoms with Crippen molar-refractivity contribution in [2.45, 2.75) is 158 Å². The first-order valence-corrected chi connectivity index (χ1v) is 18.9. The zero-order valence-electron chi connectivity index (χ0n) is 31.2. The molecule has 0 heterocycles. The van der Waals surface area contributed by atoms with Gasteiger partial charge in [-0.25, -0.2) is 0 Å². The molecule has 0 atom stereocenters. The number of non-ortho nitro benzene ring substituents is 1. The van der Waals surface area contributed by atoms with Crippen LogP contribution in [0.3, 0.4) is 0 Å². The molecule has 0 saturated heterocycles. The van der Waals surface area contributed by atoms with Gasteiger partial charge in [-0.3, -0.25) is 10.1 Å². The SMILES string of the molecule is CCCC[N+](CCCC)(CCCC)CCCC.CCCC[N+](CCCC)(CCCC)CCCC.O=[N+]([O-])c1ccc([O-])c([O-])c1. The smallest absolute Gasteiger partial charge is 0.268 e. The number of hydrogen-bond donors (Lipinski definition) is 0. The van der Waals surface area contributed by atoms with E-state index in [4.69, 9.17) is 0 Å². The minimum absolute atomic E-state index is 0.352. The van der Waals surface area contributed by atoms with Crippen LogP contribution in [0.25, 0.3) is 0 Å². The summed E-state index contributed by atoms with van der Waals surface area (Å²) in [6.45, 7) is 30.0. The molecule has 1 aromatic rings.